The molecule has 1 aromatic carbocycles. The number of nitriles is 1. The molecule has 0 aromatic heterocycles. The van der Waals surface area contributed by atoms with Crippen molar-refractivity contribution in [2.75, 3.05) is 12.4 Å². The summed E-state index contributed by atoms with van der Waals surface area (Å²) in [5, 5.41) is 12.3. The number of hydrogen-bond donors (Lipinski definition) is 1. The van der Waals surface area contributed by atoms with Crippen molar-refractivity contribution in [1.29, 1.82) is 5.26 Å². The van der Waals surface area contributed by atoms with E-state index in [0.717, 1.165) is 6.42 Å². The van der Waals surface area contributed by atoms with E-state index in [9.17, 15) is 4.79 Å². The number of nitrogens with zero attached hydrogens (tertiary/aromatic N) is 1. The zero-order valence-electron chi connectivity index (χ0n) is 11.3. The summed E-state index contributed by atoms with van der Waals surface area (Å²) >= 11 is 6.10. The first-order valence-electron chi connectivity index (χ1n) is 6.03. The van der Waals surface area contributed by atoms with Crippen LogP contribution in [0.15, 0.2) is 18.2 Å². The van der Waals surface area contributed by atoms with E-state index in [0.29, 0.717) is 22.7 Å². The van der Waals surface area contributed by atoms with Gasteiger partial charge in [-0.1, -0.05) is 24.9 Å². The maximum absolute atomic E-state index is 11.9. The van der Waals surface area contributed by atoms with Crippen molar-refractivity contribution in [3.63, 3.8) is 0 Å². The zero-order valence-corrected chi connectivity index (χ0v) is 12.0. The Hall–Kier alpha value is -1.73. The van der Waals surface area contributed by atoms with Gasteiger partial charge < -0.3 is 10.1 Å². The number of methoxy groups -OCH3 is 1. The van der Waals surface area contributed by atoms with Gasteiger partial charge in [-0.15, -0.1) is 0 Å². The second-order valence-corrected chi connectivity index (χ2v) is 4.91. The van der Waals surface area contributed by atoms with Gasteiger partial charge in [0.25, 0.3) is 0 Å². The highest BCUT2D eigenvalue weighted by atomic mass is 35.5. The number of halogens is 1. The molecule has 1 N–H and O–H groups in total. The van der Waals surface area contributed by atoms with Crippen LogP contribution in [-0.4, -0.2) is 18.6 Å². The first-order valence-corrected chi connectivity index (χ1v) is 6.41. The number of hydrogen-bond acceptors (Lipinski definition) is 4. The van der Waals surface area contributed by atoms with Crippen LogP contribution in [0.2, 0.25) is 5.02 Å². The van der Waals surface area contributed by atoms with Crippen molar-refractivity contribution in [2.45, 2.75) is 32.2 Å². The molecule has 0 fully saturated rings. The molecule has 0 aliphatic heterocycles. The maximum atomic E-state index is 11.9. The fraction of sp³-hybridized carbons (Fsp3) is 0.429. The highest BCUT2D eigenvalue weighted by Gasteiger charge is 2.33. The molecular formula is C14H17ClN2O2. The Bertz CT molecular complexity index is 511. The predicted molar refractivity (Wildman–Crippen MR) is 75.1 cm³/mol. The van der Waals surface area contributed by atoms with Gasteiger partial charge in [-0.05, 0) is 31.5 Å². The Morgan fingerprint density at radius 3 is 2.74 bits per heavy atom. The third-order valence-electron chi connectivity index (χ3n) is 2.89. The summed E-state index contributed by atoms with van der Waals surface area (Å²) in [5.74, 6) is -0.338. The second-order valence-electron chi connectivity index (χ2n) is 4.51. The molecule has 0 bridgehead atoms. The van der Waals surface area contributed by atoms with Crippen LogP contribution < -0.4 is 5.32 Å². The van der Waals surface area contributed by atoms with E-state index in [4.69, 9.17) is 21.6 Å². The van der Waals surface area contributed by atoms with E-state index in [1.165, 1.54) is 7.11 Å². The minimum atomic E-state index is -0.832. The van der Waals surface area contributed by atoms with E-state index in [1.807, 2.05) is 13.0 Å². The summed E-state index contributed by atoms with van der Waals surface area (Å²) in [7, 11) is 1.36. The van der Waals surface area contributed by atoms with Crippen LogP contribution >= 0.6 is 11.6 Å². The molecule has 4 nitrogen and oxygen atoms in total. The lowest BCUT2D eigenvalue weighted by molar-refractivity contribution is -0.145. The molecule has 5 heteroatoms. The molecule has 1 unspecified atom stereocenters. The van der Waals surface area contributed by atoms with Gasteiger partial charge in [0.05, 0.1) is 29.5 Å². The van der Waals surface area contributed by atoms with Gasteiger partial charge >= 0.3 is 5.97 Å². The monoisotopic (exact) mass is 280 g/mol. The molecule has 1 rings (SSSR count). The lowest BCUT2D eigenvalue weighted by Crippen LogP contribution is -2.44. The minimum absolute atomic E-state index is 0.338. The Kier molecular flexibility index (Phi) is 5.20. The summed E-state index contributed by atoms with van der Waals surface area (Å²) in [6.45, 7) is 3.76. The summed E-state index contributed by atoms with van der Waals surface area (Å²) in [5.41, 5.74) is 0.259. The summed E-state index contributed by atoms with van der Waals surface area (Å²) in [4.78, 5) is 11.9. The fourth-order valence-corrected chi connectivity index (χ4v) is 2.15. The molecule has 0 amide bonds. The van der Waals surface area contributed by atoms with Gasteiger partial charge in [-0.3, -0.25) is 0 Å². The zero-order chi connectivity index (χ0) is 14.5. The molecule has 0 spiro atoms. The van der Waals surface area contributed by atoms with E-state index in [-0.39, 0.29) is 5.97 Å². The number of benzene rings is 1. The lowest BCUT2D eigenvalue weighted by Gasteiger charge is -2.29. The predicted octanol–water partition coefficient (Wildman–Crippen LogP) is 3.36. The van der Waals surface area contributed by atoms with Crippen LogP contribution in [-0.2, 0) is 9.53 Å². The van der Waals surface area contributed by atoms with Crippen LogP contribution in [0.5, 0.6) is 0 Å². The molecule has 1 aromatic rings. The third kappa shape index (κ3) is 3.62. The SMILES string of the molecule is CCCC(C)(Nc1ccc(C#N)cc1Cl)C(=O)OC. The molecule has 0 saturated heterocycles. The lowest BCUT2D eigenvalue weighted by atomic mass is 9.95. The smallest absolute Gasteiger partial charge is 0.331 e. The van der Waals surface area contributed by atoms with Gasteiger partial charge in [-0.2, -0.15) is 5.26 Å². The molecule has 0 radical (unpaired) electrons. The number of carbonyl (C=O) groups excluding carboxylic acids is 1. The standard InChI is InChI=1S/C14H17ClN2O2/c1-4-7-14(2,13(18)19-3)17-12-6-5-10(9-16)8-11(12)15/h5-6,8,17H,4,7H2,1-3H3. The van der Waals surface area contributed by atoms with Crippen LogP contribution in [0.4, 0.5) is 5.69 Å². The normalized spacial score (nSPS) is 13.2. The van der Waals surface area contributed by atoms with Crippen LogP contribution in [0.1, 0.15) is 32.3 Å². The highest BCUT2D eigenvalue weighted by molar-refractivity contribution is 6.33. The first kappa shape index (κ1) is 15.3. The van der Waals surface area contributed by atoms with Gasteiger partial charge in [0.2, 0.25) is 0 Å². The van der Waals surface area contributed by atoms with Crippen molar-refractivity contribution in [2.24, 2.45) is 0 Å². The maximum Gasteiger partial charge on any atom is 0.331 e. The molecule has 19 heavy (non-hydrogen) atoms. The molecule has 0 aliphatic carbocycles. The Morgan fingerprint density at radius 2 is 2.26 bits per heavy atom. The molecular weight excluding hydrogens is 264 g/mol. The molecule has 0 saturated carbocycles. The first-order chi connectivity index (χ1) is 8.96. The Labute approximate surface area is 118 Å². The number of ether oxygens (including phenoxy) is 1. The van der Waals surface area contributed by atoms with Gasteiger partial charge in [0.1, 0.15) is 5.54 Å². The average Bonchev–Trinajstić information content (AvgIpc) is 2.40. The molecule has 0 aliphatic rings. The van der Waals surface area contributed by atoms with Crippen molar-refractivity contribution in [3.8, 4) is 6.07 Å². The largest absolute Gasteiger partial charge is 0.467 e. The van der Waals surface area contributed by atoms with E-state index in [1.54, 1.807) is 25.1 Å². The van der Waals surface area contributed by atoms with Crippen molar-refractivity contribution < 1.29 is 9.53 Å². The van der Waals surface area contributed by atoms with Crippen LogP contribution in [0.3, 0.4) is 0 Å². The van der Waals surface area contributed by atoms with Crippen LogP contribution in [0.25, 0.3) is 0 Å². The van der Waals surface area contributed by atoms with Gasteiger partial charge in [0, 0.05) is 0 Å². The highest BCUT2D eigenvalue weighted by Crippen LogP contribution is 2.28. The van der Waals surface area contributed by atoms with Gasteiger partial charge in [-0.25, -0.2) is 4.79 Å². The van der Waals surface area contributed by atoms with E-state index in [2.05, 4.69) is 5.32 Å². The Balaban J connectivity index is 3.04. The third-order valence-corrected chi connectivity index (χ3v) is 3.21. The fourth-order valence-electron chi connectivity index (χ4n) is 1.92. The van der Waals surface area contributed by atoms with Crippen molar-refractivity contribution in [3.05, 3.63) is 28.8 Å². The topological polar surface area (TPSA) is 62.1 Å². The van der Waals surface area contributed by atoms with Crippen molar-refractivity contribution in [1.82, 2.24) is 0 Å². The van der Waals surface area contributed by atoms with Gasteiger partial charge in [0.15, 0.2) is 0 Å². The number of anilines is 1. The summed E-state index contributed by atoms with van der Waals surface area (Å²) in [6.07, 6.45) is 1.45. The van der Waals surface area contributed by atoms with E-state index >= 15 is 0 Å². The molecule has 0 heterocycles. The molecule has 1 atom stereocenters. The second kappa shape index (κ2) is 6.44. The number of nitrogens with one attached hydrogen (secondary N) is 1. The quantitative estimate of drug-likeness (QED) is 0.840. The number of rotatable bonds is 5. The summed E-state index contributed by atoms with van der Waals surface area (Å²) in [6, 6.07) is 6.92. The Morgan fingerprint density at radius 1 is 1.58 bits per heavy atom. The summed E-state index contributed by atoms with van der Waals surface area (Å²) < 4.78 is 4.83. The molecule has 102 valence electrons. The minimum Gasteiger partial charge on any atom is -0.467 e. The average molecular weight is 281 g/mol. The number of carbonyl (C=O) groups is 1. The number of esters is 1. The van der Waals surface area contributed by atoms with Crippen molar-refractivity contribution >= 4 is 23.3 Å². The van der Waals surface area contributed by atoms with E-state index < -0.39 is 5.54 Å². The van der Waals surface area contributed by atoms with Crippen LogP contribution in [0, 0.1) is 11.3 Å².